The summed E-state index contributed by atoms with van der Waals surface area (Å²) in [6.45, 7) is 5.85. The van der Waals surface area contributed by atoms with E-state index in [1.54, 1.807) is 6.08 Å². The van der Waals surface area contributed by atoms with Crippen LogP contribution >= 0.6 is 0 Å². The molecular formula is C17H22N2O3. The van der Waals surface area contributed by atoms with Gasteiger partial charge in [-0.3, -0.25) is 0 Å². The number of ether oxygens (including phenoxy) is 1. The number of rotatable bonds is 4. The second kappa shape index (κ2) is 6.32. The van der Waals surface area contributed by atoms with E-state index in [4.69, 9.17) is 4.74 Å². The average Bonchev–Trinajstić information content (AvgIpc) is 2.39. The lowest BCUT2D eigenvalue weighted by Gasteiger charge is -2.37. The quantitative estimate of drug-likeness (QED) is 0.684. The van der Waals surface area contributed by atoms with E-state index >= 15 is 0 Å². The largest absolute Gasteiger partial charge is 0.444 e. The van der Waals surface area contributed by atoms with Crippen molar-refractivity contribution in [2.75, 3.05) is 0 Å². The normalized spacial score (nSPS) is 16.1. The lowest BCUT2D eigenvalue weighted by atomic mass is 9.72. The fourth-order valence-corrected chi connectivity index (χ4v) is 2.52. The van der Waals surface area contributed by atoms with Gasteiger partial charge in [0, 0.05) is 6.54 Å². The first-order chi connectivity index (χ1) is 10.3. The highest BCUT2D eigenvalue weighted by Gasteiger charge is 2.38. The van der Waals surface area contributed by atoms with E-state index in [2.05, 4.69) is 10.3 Å². The molecule has 0 atom stereocenters. The van der Waals surface area contributed by atoms with Crippen LogP contribution in [0.25, 0.3) is 0 Å². The van der Waals surface area contributed by atoms with Crippen molar-refractivity contribution in [3.05, 3.63) is 35.4 Å². The number of hydrogen-bond donors (Lipinski definition) is 1. The number of benzene rings is 1. The van der Waals surface area contributed by atoms with Crippen molar-refractivity contribution in [1.29, 1.82) is 0 Å². The summed E-state index contributed by atoms with van der Waals surface area (Å²) in [5, 5.41) is 2.73. The van der Waals surface area contributed by atoms with Gasteiger partial charge in [-0.2, -0.15) is 4.99 Å². The van der Waals surface area contributed by atoms with E-state index < -0.39 is 17.2 Å². The summed E-state index contributed by atoms with van der Waals surface area (Å²) in [5.74, 6) is 0. The minimum Gasteiger partial charge on any atom is -0.444 e. The first kappa shape index (κ1) is 16.2. The summed E-state index contributed by atoms with van der Waals surface area (Å²) < 4.78 is 5.21. The van der Waals surface area contributed by atoms with Gasteiger partial charge < -0.3 is 10.1 Å². The van der Waals surface area contributed by atoms with Crippen molar-refractivity contribution >= 4 is 12.2 Å². The third-order valence-electron chi connectivity index (χ3n) is 3.74. The zero-order valence-corrected chi connectivity index (χ0v) is 13.3. The van der Waals surface area contributed by atoms with Crippen LogP contribution in [0.3, 0.4) is 0 Å². The molecule has 0 aliphatic heterocycles. The number of nitrogens with one attached hydrogen (secondary N) is 1. The topological polar surface area (TPSA) is 67.8 Å². The maximum atomic E-state index is 11.7. The van der Waals surface area contributed by atoms with Gasteiger partial charge in [0.05, 0.1) is 5.54 Å². The molecule has 0 radical (unpaired) electrons. The van der Waals surface area contributed by atoms with E-state index in [0.717, 1.165) is 30.4 Å². The van der Waals surface area contributed by atoms with Crippen LogP contribution in [0.4, 0.5) is 4.79 Å². The van der Waals surface area contributed by atoms with Crippen LogP contribution in [0, 0.1) is 0 Å². The smallest absolute Gasteiger partial charge is 0.407 e. The van der Waals surface area contributed by atoms with Crippen molar-refractivity contribution in [2.45, 2.75) is 57.7 Å². The van der Waals surface area contributed by atoms with Crippen LogP contribution in [0.1, 0.15) is 51.2 Å². The molecule has 1 aliphatic rings. The van der Waals surface area contributed by atoms with Gasteiger partial charge in [0.25, 0.3) is 0 Å². The molecule has 0 spiro atoms. The molecule has 22 heavy (non-hydrogen) atoms. The minimum atomic E-state index is -0.513. The number of amides is 1. The van der Waals surface area contributed by atoms with Crippen molar-refractivity contribution in [1.82, 2.24) is 5.32 Å². The van der Waals surface area contributed by atoms with Crippen LogP contribution in [-0.2, 0) is 21.6 Å². The molecule has 1 aromatic carbocycles. The van der Waals surface area contributed by atoms with E-state index in [1.807, 2.05) is 45.0 Å². The standard InChI is InChI=1S/C17H22N2O3/c1-16(2,3)22-15(21)18-11-13-6-4-7-14(10-13)17(19-12-20)8-5-9-17/h4,6-7,10H,5,8-9,11H2,1-3H3,(H,18,21). The molecule has 1 aliphatic carbocycles. The van der Waals surface area contributed by atoms with Crippen LogP contribution in [0.2, 0.25) is 0 Å². The van der Waals surface area contributed by atoms with E-state index in [9.17, 15) is 9.59 Å². The Morgan fingerprint density at radius 3 is 2.68 bits per heavy atom. The van der Waals surface area contributed by atoms with Gasteiger partial charge in [-0.05, 0) is 51.2 Å². The predicted octanol–water partition coefficient (Wildman–Crippen LogP) is 3.43. The molecule has 5 heteroatoms. The molecule has 0 saturated heterocycles. The molecule has 1 N–H and O–H groups in total. The number of aliphatic imine (C=N–C) groups is 1. The van der Waals surface area contributed by atoms with Crippen LogP contribution < -0.4 is 5.32 Å². The Morgan fingerprint density at radius 1 is 1.41 bits per heavy atom. The summed E-state index contributed by atoms with van der Waals surface area (Å²) in [7, 11) is 0. The van der Waals surface area contributed by atoms with E-state index in [-0.39, 0.29) is 0 Å². The number of alkyl carbamates (subject to hydrolysis) is 1. The number of carbonyl (C=O) groups excluding carboxylic acids is 2. The number of nitrogens with zero attached hydrogens (tertiary/aromatic N) is 1. The monoisotopic (exact) mass is 302 g/mol. The fraction of sp³-hybridized carbons (Fsp3) is 0.529. The zero-order valence-electron chi connectivity index (χ0n) is 13.3. The SMILES string of the molecule is CC(C)(C)OC(=O)NCc1cccc(C2(N=C=O)CCC2)c1. The summed E-state index contributed by atoms with van der Waals surface area (Å²) >= 11 is 0. The highest BCUT2D eigenvalue weighted by atomic mass is 16.6. The maximum Gasteiger partial charge on any atom is 0.407 e. The second-order valence-corrected chi connectivity index (χ2v) is 6.64. The van der Waals surface area contributed by atoms with Gasteiger partial charge in [-0.1, -0.05) is 24.3 Å². The Balaban J connectivity index is 2.03. The Hall–Kier alpha value is -2.13. The molecule has 1 saturated carbocycles. The van der Waals surface area contributed by atoms with Gasteiger partial charge in [-0.15, -0.1) is 0 Å². The highest BCUT2D eigenvalue weighted by molar-refractivity contribution is 5.67. The molecule has 5 nitrogen and oxygen atoms in total. The third kappa shape index (κ3) is 3.95. The van der Waals surface area contributed by atoms with Crippen molar-refractivity contribution in [3.8, 4) is 0 Å². The summed E-state index contributed by atoms with van der Waals surface area (Å²) in [6, 6.07) is 7.80. The number of carbonyl (C=O) groups is 1. The molecular weight excluding hydrogens is 280 g/mol. The Morgan fingerprint density at radius 2 is 2.14 bits per heavy atom. The lowest BCUT2D eigenvalue weighted by Crippen LogP contribution is -2.33. The fourth-order valence-electron chi connectivity index (χ4n) is 2.52. The Kier molecular flexibility index (Phi) is 4.67. The van der Waals surface area contributed by atoms with Crippen molar-refractivity contribution < 1.29 is 14.3 Å². The summed E-state index contributed by atoms with van der Waals surface area (Å²) in [6.07, 6.45) is 4.04. The Bertz CT molecular complexity index is 594. The van der Waals surface area contributed by atoms with Crippen LogP contribution in [0.15, 0.2) is 29.3 Å². The van der Waals surface area contributed by atoms with Gasteiger partial charge in [0.2, 0.25) is 6.08 Å². The van der Waals surface area contributed by atoms with Gasteiger partial charge >= 0.3 is 6.09 Å². The van der Waals surface area contributed by atoms with Gasteiger partial charge in [-0.25, -0.2) is 9.59 Å². The molecule has 118 valence electrons. The third-order valence-corrected chi connectivity index (χ3v) is 3.74. The molecule has 0 heterocycles. The summed E-state index contributed by atoms with van der Waals surface area (Å²) in [5.41, 5.74) is 1.03. The molecule has 0 unspecified atom stereocenters. The average molecular weight is 302 g/mol. The summed E-state index contributed by atoms with van der Waals surface area (Å²) in [4.78, 5) is 26.3. The maximum absolute atomic E-state index is 11.7. The van der Waals surface area contributed by atoms with Crippen molar-refractivity contribution in [3.63, 3.8) is 0 Å². The molecule has 1 fully saturated rings. The highest BCUT2D eigenvalue weighted by Crippen LogP contribution is 2.44. The molecule has 1 aromatic rings. The molecule has 0 aromatic heterocycles. The second-order valence-electron chi connectivity index (χ2n) is 6.64. The van der Waals surface area contributed by atoms with Crippen molar-refractivity contribution in [2.24, 2.45) is 4.99 Å². The van der Waals surface area contributed by atoms with Gasteiger partial charge in [0.15, 0.2) is 0 Å². The van der Waals surface area contributed by atoms with E-state index in [1.165, 1.54) is 0 Å². The zero-order chi connectivity index (χ0) is 16.2. The first-order valence-corrected chi connectivity index (χ1v) is 7.50. The minimum absolute atomic E-state index is 0.379. The molecule has 1 amide bonds. The first-order valence-electron chi connectivity index (χ1n) is 7.50. The number of isocyanates is 1. The number of hydrogen-bond acceptors (Lipinski definition) is 4. The Labute approximate surface area is 130 Å². The van der Waals surface area contributed by atoms with Gasteiger partial charge in [0.1, 0.15) is 5.60 Å². The predicted molar refractivity (Wildman–Crippen MR) is 83.2 cm³/mol. The molecule has 2 rings (SSSR count). The lowest BCUT2D eigenvalue weighted by molar-refractivity contribution is 0.0523. The van der Waals surface area contributed by atoms with E-state index in [0.29, 0.717) is 6.54 Å². The van der Waals surface area contributed by atoms with Crippen LogP contribution in [0.5, 0.6) is 0 Å². The van der Waals surface area contributed by atoms with Crippen LogP contribution in [-0.4, -0.2) is 17.8 Å². The molecule has 0 bridgehead atoms.